The molecule has 2 rings (SSSR count). The van der Waals surface area contributed by atoms with Crippen molar-refractivity contribution in [1.29, 1.82) is 0 Å². The Bertz CT molecular complexity index is 528. The smallest absolute Gasteiger partial charge is 0.195 e. The summed E-state index contributed by atoms with van der Waals surface area (Å²) in [7, 11) is -0.121. The Labute approximate surface area is 123 Å². The van der Waals surface area contributed by atoms with E-state index in [0.29, 0.717) is 6.54 Å². The van der Waals surface area contributed by atoms with Crippen LogP contribution in [0.2, 0.25) is 0 Å². The van der Waals surface area contributed by atoms with Crippen molar-refractivity contribution in [2.75, 3.05) is 20.6 Å². The Kier molecular flexibility index (Phi) is 4.66. The maximum atomic E-state index is 12.2. The third-order valence-corrected chi connectivity index (χ3v) is 5.99. The van der Waals surface area contributed by atoms with Crippen LogP contribution in [0.4, 0.5) is 0 Å². The quantitative estimate of drug-likeness (QED) is 0.838. The molecule has 0 aliphatic carbocycles. The van der Waals surface area contributed by atoms with Crippen LogP contribution < -0.4 is 0 Å². The molecule has 1 aromatic rings. The summed E-state index contributed by atoms with van der Waals surface area (Å²) in [5.41, 5.74) is 1.18. The van der Waals surface area contributed by atoms with E-state index in [2.05, 4.69) is 15.9 Å². The highest BCUT2D eigenvalue weighted by molar-refractivity contribution is 9.10. The van der Waals surface area contributed by atoms with Gasteiger partial charge in [0.15, 0.2) is 0 Å². The predicted molar refractivity (Wildman–Crippen MR) is 80.2 cm³/mol. The number of rotatable bonds is 4. The van der Waals surface area contributed by atoms with Crippen molar-refractivity contribution in [3.63, 3.8) is 0 Å². The number of hydrogen-bond donors (Lipinski definition) is 0. The molecule has 0 radical (unpaired) electrons. The fraction of sp³-hybridized carbons (Fsp3) is 0.538. The van der Waals surface area contributed by atoms with Crippen molar-refractivity contribution in [3.8, 4) is 0 Å². The molecule has 1 heterocycles. The van der Waals surface area contributed by atoms with Gasteiger partial charge in [0.05, 0.1) is 0 Å². The fourth-order valence-corrected chi connectivity index (χ4v) is 4.02. The van der Waals surface area contributed by atoms with Gasteiger partial charge in [-0.25, -0.2) is 0 Å². The van der Waals surface area contributed by atoms with Gasteiger partial charge in [-0.1, -0.05) is 28.1 Å². The van der Waals surface area contributed by atoms with Crippen LogP contribution in [0, 0.1) is 0 Å². The summed E-state index contributed by atoms with van der Waals surface area (Å²) < 4.78 is 28.4. The topological polar surface area (TPSA) is 40.6 Å². The van der Waals surface area contributed by atoms with Gasteiger partial charge < -0.3 is 0 Å². The third-order valence-electron chi connectivity index (χ3n) is 3.47. The van der Waals surface area contributed by atoms with Gasteiger partial charge in [0.2, 0.25) is 0 Å². The predicted octanol–water partition coefficient (Wildman–Crippen LogP) is 2.26. The van der Waals surface area contributed by atoms with Crippen LogP contribution in [0.25, 0.3) is 0 Å². The van der Waals surface area contributed by atoms with E-state index in [4.69, 9.17) is 0 Å². The average Bonchev–Trinajstić information content (AvgIpc) is 2.80. The highest BCUT2D eigenvalue weighted by atomic mass is 79.9. The largest absolute Gasteiger partial charge is 0.281 e. The summed E-state index contributed by atoms with van der Waals surface area (Å²) in [4.78, 5) is 0. The maximum Gasteiger partial charge on any atom is 0.281 e. The molecule has 0 N–H and O–H groups in total. The van der Waals surface area contributed by atoms with E-state index in [-0.39, 0.29) is 6.04 Å². The second-order valence-corrected chi connectivity index (χ2v) is 8.04. The second kappa shape index (κ2) is 5.91. The zero-order chi connectivity index (χ0) is 14.0. The van der Waals surface area contributed by atoms with Gasteiger partial charge in [0, 0.05) is 31.2 Å². The third kappa shape index (κ3) is 3.37. The molecule has 0 bridgehead atoms. The standard InChI is InChI=1S/C13H19BrN2O2S/c1-15(2)19(17,18)16-9-3-4-13(16)10-11-5-7-12(14)8-6-11/h5-8,13H,3-4,9-10H2,1-2H3. The Balaban J connectivity index is 2.14. The molecule has 1 fully saturated rings. The number of halogens is 1. The van der Waals surface area contributed by atoms with E-state index < -0.39 is 10.2 Å². The van der Waals surface area contributed by atoms with Crippen LogP contribution >= 0.6 is 15.9 Å². The highest BCUT2D eigenvalue weighted by Gasteiger charge is 2.35. The van der Waals surface area contributed by atoms with E-state index >= 15 is 0 Å². The molecular formula is C13H19BrN2O2S. The minimum atomic E-state index is -3.30. The molecule has 4 nitrogen and oxygen atoms in total. The average molecular weight is 347 g/mol. The Morgan fingerprint density at radius 1 is 1.32 bits per heavy atom. The molecule has 1 aliphatic heterocycles. The van der Waals surface area contributed by atoms with E-state index in [1.807, 2.05) is 24.3 Å². The molecule has 1 aromatic carbocycles. The van der Waals surface area contributed by atoms with E-state index in [0.717, 1.165) is 23.7 Å². The summed E-state index contributed by atoms with van der Waals surface area (Å²) in [6, 6.07) is 8.16. The summed E-state index contributed by atoms with van der Waals surface area (Å²) in [6.45, 7) is 0.627. The molecule has 1 unspecified atom stereocenters. The molecule has 0 saturated carbocycles. The Morgan fingerprint density at radius 2 is 1.95 bits per heavy atom. The van der Waals surface area contributed by atoms with Gasteiger partial charge in [-0.2, -0.15) is 17.0 Å². The number of nitrogens with zero attached hydrogens (tertiary/aromatic N) is 2. The van der Waals surface area contributed by atoms with E-state index in [1.54, 1.807) is 18.4 Å². The minimum Gasteiger partial charge on any atom is -0.195 e. The van der Waals surface area contributed by atoms with E-state index in [9.17, 15) is 8.42 Å². The molecule has 106 valence electrons. The molecule has 1 aliphatic rings. The molecule has 0 amide bonds. The first-order chi connectivity index (χ1) is 8.91. The van der Waals surface area contributed by atoms with Gasteiger partial charge in [-0.05, 0) is 37.0 Å². The molecule has 0 aromatic heterocycles. The lowest BCUT2D eigenvalue weighted by atomic mass is 10.1. The van der Waals surface area contributed by atoms with Crippen molar-refractivity contribution in [2.45, 2.75) is 25.3 Å². The van der Waals surface area contributed by atoms with Crippen molar-refractivity contribution in [3.05, 3.63) is 34.3 Å². The van der Waals surface area contributed by atoms with Crippen LogP contribution in [0.1, 0.15) is 18.4 Å². The SMILES string of the molecule is CN(C)S(=O)(=O)N1CCCC1Cc1ccc(Br)cc1. The fourth-order valence-electron chi connectivity index (χ4n) is 2.42. The van der Waals surface area contributed by atoms with Crippen LogP contribution in [0.3, 0.4) is 0 Å². The number of hydrogen-bond acceptors (Lipinski definition) is 2. The normalized spacial score (nSPS) is 21.2. The lowest BCUT2D eigenvalue weighted by molar-refractivity contribution is 0.355. The van der Waals surface area contributed by atoms with Crippen LogP contribution in [-0.4, -0.2) is 43.7 Å². The monoisotopic (exact) mass is 346 g/mol. The van der Waals surface area contributed by atoms with Gasteiger partial charge >= 0.3 is 0 Å². The lowest BCUT2D eigenvalue weighted by Crippen LogP contribution is -2.43. The first-order valence-corrected chi connectivity index (χ1v) is 8.54. The molecule has 1 saturated heterocycles. The molecule has 6 heteroatoms. The zero-order valence-electron chi connectivity index (χ0n) is 11.2. The first kappa shape index (κ1) is 15.0. The second-order valence-electron chi connectivity index (χ2n) is 5.03. The molecule has 0 spiro atoms. The summed E-state index contributed by atoms with van der Waals surface area (Å²) in [5, 5.41) is 0. The summed E-state index contributed by atoms with van der Waals surface area (Å²) in [5.74, 6) is 0. The highest BCUT2D eigenvalue weighted by Crippen LogP contribution is 2.25. The zero-order valence-corrected chi connectivity index (χ0v) is 13.6. The maximum absolute atomic E-state index is 12.2. The molecule has 19 heavy (non-hydrogen) atoms. The summed E-state index contributed by atoms with van der Waals surface area (Å²) in [6.07, 6.45) is 2.65. The van der Waals surface area contributed by atoms with Crippen LogP contribution in [-0.2, 0) is 16.6 Å². The van der Waals surface area contributed by atoms with E-state index in [1.165, 1.54) is 9.87 Å². The van der Waals surface area contributed by atoms with Crippen molar-refractivity contribution < 1.29 is 8.42 Å². The van der Waals surface area contributed by atoms with Crippen molar-refractivity contribution in [2.24, 2.45) is 0 Å². The summed E-state index contributed by atoms with van der Waals surface area (Å²) >= 11 is 3.41. The first-order valence-electron chi connectivity index (χ1n) is 6.35. The Hall–Kier alpha value is -0.430. The van der Waals surface area contributed by atoms with Gasteiger partial charge in [-0.3, -0.25) is 0 Å². The molecule has 1 atom stereocenters. The van der Waals surface area contributed by atoms with Crippen LogP contribution in [0.5, 0.6) is 0 Å². The van der Waals surface area contributed by atoms with Gasteiger partial charge in [0.1, 0.15) is 0 Å². The Morgan fingerprint density at radius 3 is 2.53 bits per heavy atom. The lowest BCUT2D eigenvalue weighted by Gasteiger charge is -2.27. The van der Waals surface area contributed by atoms with Gasteiger partial charge in [-0.15, -0.1) is 0 Å². The number of benzene rings is 1. The van der Waals surface area contributed by atoms with Crippen molar-refractivity contribution >= 4 is 26.1 Å². The van der Waals surface area contributed by atoms with Crippen molar-refractivity contribution in [1.82, 2.24) is 8.61 Å². The minimum absolute atomic E-state index is 0.0774. The van der Waals surface area contributed by atoms with Gasteiger partial charge in [0.25, 0.3) is 10.2 Å². The molecular weight excluding hydrogens is 328 g/mol. The van der Waals surface area contributed by atoms with Crippen LogP contribution in [0.15, 0.2) is 28.7 Å².